The Morgan fingerprint density at radius 3 is 3.11 bits per heavy atom. The number of piperidine rings is 1. The fourth-order valence-electron chi connectivity index (χ4n) is 2.35. The number of hydrogen-bond donors (Lipinski definition) is 0. The van der Waals surface area contributed by atoms with Crippen molar-refractivity contribution in [2.75, 3.05) is 18.0 Å². The van der Waals surface area contributed by atoms with Gasteiger partial charge in [-0.05, 0) is 18.9 Å². The lowest BCUT2D eigenvalue weighted by Gasteiger charge is -2.31. The zero-order chi connectivity index (χ0) is 12.4. The van der Waals surface area contributed by atoms with E-state index in [-0.39, 0.29) is 0 Å². The SMILES string of the molecule is Cc1nc([C@@H]2CCCN(c3ccncn3)C2)no1. The van der Waals surface area contributed by atoms with E-state index in [1.807, 2.05) is 13.0 Å². The molecule has 6 nitrogen and oxygen atoms in total. The van der Waals surface area contributed by atoms with E-state index >= 15 is 0 Å². The highest BCUT2D eigenvalue weighted by Crippen LogP contribution is 2.27. The van der Waals surface area contributed by atoms with Crippen molar-refractivity contribution in [3.05, 3.63) is 30.3 Å². The van der Waals surface area contributed by atoms with Gasteiger partial charge in [0.15, 0.2) is 5.82 Å². The first-order valence-corrected chi connectivity index (χ1v) is 6.14. The van der Waals surface area contributed by atoms with E-state index in [2.05, 4.69) is 25.0 Å². The van der Waals surface area contributed by atoms with Gasteiger partial charge in [-0.2, -0.15) is 4.98 Å². The van der Waals surface area contributed by atoms with Gasteiger partial charge in [-0.3, -0.25) is 0 Å². The maximum absolute atomic E-state index is 5.05. The van der Waals surface area contributed by atoms with Gasteiger partial charge < -0.3 is 9.42 Å². The summed E-state index contributed by atoms with van der Waals surface area (Å²) in [7, 11) is 0. The van der Waals surface area contributed by atoms with Crippen LogP contribution < -0.4 is 4.90 Å². The molecule has 94 valence electrons. The Labute approximate surface area is 105 Å². The van der Waals surface area contributed by atoms with Crippen molar-refractivity contribution in [1.29, 1.82) is 0 Å². The second-order valence-corrected chi connectivity index (χ2v) is 4.52. The van der Waals surface area contributed by atoms with E-state index in [1.54, 1.807) is 12.5 Å². The van der Waals surface area contributed by atoms with Gasteiger partial charge >= 0.3 is 0 Å². The average molecular weight is 245 g/mol. The second kappa shape index (κ2) is 4.72. The lowest BCUT2D eigenvalue weighted by Crippen LogP contribution is -2.35. The van der Waals surface area contributed by atoms with E-state index in [4.69, 9.17) is 4.52 Å². The first-order valence-electron chi connectivity index (χ1n) is 6.14. The van der Waals surface area contributed by atoms with Crippen LogP contribution in [0.1, 0.15) is 30.5 Å². The number of aryl methyl sites for hydroxylation is 1. The highest BCUT2D eigenvalue weighted by molar-refractivity contribution is 5.37. The molecule has 0 aromatic carbocycles. The monoisotopic (exact) mass is 245 g/mol. The predicted octanol–water partition coefficient (Wildman–Crippen LogP) is 1.55. The molecule has 6 heteroatoms. The third-order valence-electron chi connectivity index (χ3n) is 3.22. The summed E-state index contributed by atoms with van der Waals surface area (Å²) in [6, 6.07) is 1.93. The molecular weight excluding hydrogens is 230 g/mol. The fourth-order valence-corrected chi connectivity index (χ4v) is 2.35. The van der Waals surface area contributed by atoms with Crippen molar-refractivity contribution in [2.45, 2.75) is 25.7 Å². The van der Waals surface area contributed by atoms with Crippen LogP contribution >= 0.6 is 0 Å². The first kappa shape index (κ1) is 11.1. The maximum Gasteiger partial charge on any atom is 0.223 e. The Balaban J connectivity index is 1.76. The quantitative estimate of drug-likeness (QED) is 0.799. The molecule has 1 atom stereocenters. The van der Waals surface area contributed by atoms with Crippen LogP contribution in [0.3, 0.4) is 0 Å². The van der Waals surface area contributed by atoms with Gasteiger partial charge in [0.05, 0.1) is 0 Å². The van der Waals surface area contributed by atoms with E-state index < -0.39 is 0 Å². The zero-order valence-electron chi connectivity index (χ0n) is 10.3. The molecule has 1 fully saturated rings. The van der Waals surface area contributed by atoms with Gasteiger partial charge in [-0.15, -0.1) is 0 Å². The molecule has 0 radical (unpaired) electrons. The van der Waals surface area contributed by atoms with E-state index in [0.717, 1.165) is 37.6 Å². The van der Waals surface area contributed by atoms with Crippen LogP contribution in [0.2, 0.25) is 0 Å². The lowest BCUT2D eigenvalue weighted by molar-refractivity contribution is 0.376. The highest BCUT2D eigenvalue weighted by Gasteiger charge is 2.25. The van der Waals surface area contributed by atoms with Crippen molar-refractivity contribution < 1.29 is 4.52 Å². The summed E-state index contributed by atoms with van der Waals surface area (Å²) in [5.41, 5.74) is 0. The molecule has 2 aromatic rings. The van der Waals surface area contributed by atoms with E-state index in [1.165, 1.54) is 0 Å². The van der Waals surface area contributed by atoms with Crippen molar-refractivity contribution in [3.8, 4) is 0 Å². The Hall–Kier alpha value is -1.98. The second-order valence-electron chi connectivity index (χ2n) is 4.52. The Kier molecular flexibility index (Phi) is 2.92. The van der Waals surface area contributed by atoms with Crippen molar-refractivity contribution in [1.82, 2.24) is 20.1 Å². The van der Waals surface area contributed by atoms with Gasteiger partial charge in [0, 0.05) is 32.1 Å². The molecular formula is C12H15N5O. The summed E-state index contributed by atoms with van der Waals surface area (Å²) in [6.45, 7) is 3.72. The van der Waals surface area contributed by atoms with Crippen molar-refractivity contribution in [2.24, 2.45) is 0 Å². The molecule has 3 heterocycles. The van der Waals surface area contributed by atoms with E-state index in [9.17, 15) is 0 Å². The molecule has 0 amide bonds. The smallest absolute Gasteiger partial charge is 0.223 e. The molecule has 0 bridgehead atoms. The molecule has 1 aliphatic rings. The molecule has 0 spiro atoms. The molecule has 0 unspecified atom stereocenters. The number of hydrogen-bond acceptors (Lipinski definition) is 6. The Morgan fingerprint density at radius 1 is 1.44 bits per heavy atom. The minimum atomic E-state index is 0.325. The Bertz CT molecular complexity index is 512. The largest absolute Gasteiger partial charge is 0.356 e. The lowest BCUT2D eigenvalue weighted by atomic mass is 9.97. The summed E-state index contributed by atoms with van der Waals surface area (Å²) in [5, 5.41) is 4.02. The molecule has 0 N–H and O–H groups in total. The molecule has 1 saturated heterocycles. The molecule has 0 aliphatic carbocycles. The molecule has 3 rings (SSSR count). The minimum absolute atomic E-state index is 0.325. The minimum Gasteiger partial charge on any atom is -0.356 e. The number of rotatable bonds is 2. The van der Waals surface area contributed by atoms with Crippen LogP contribution in [0.4, 0.5) is 5.82 Å². The van der Waals surface area contributed by atoms with Crippen LogP contribution in [0.15, 0.2) is 23.1 Å². The fraction of sp³-hybridized carbons (Fsp3) is 0.500. The highest BCUT2D eigenvalue weighted by atomic mass is 16.5. The normalized spacial score (nSPS) is 20.1. The number of anilines is 1. The molecule has 0 saturated carbocycles. The summed E-state index contributed by atoms with van der Waals surface area (Å²) < 4.78 is 5.05. The standard InChI is InChI=1S/C12H15N5O/c1-9-15-12(16-18-9)10-3-2-6-17(7-10)11-4-5-13-8-14-11/h4-5,8,10H,2-3,6-7H2,1H3/t10-/m1/s1. The van der Waals surface area contributed by atoms with Crippen LogP contribution in [-0.2, 0) is 0 Å². The van der Waals surface area contributed by atoms with Crippen LogP contribution in [0, 0.1) is 6.92 Å². The van der Waals surface area contributed by atoms with Crippen LogP contribution in [-0.4, -0.2) is 33.2 Å². The summed E-state index contributed by atoms with van der Waals surface area (Å²) in [4.78, 5) is 14.8. The topological polar surface area (TPSA) is 67.9 Å². The van der Waals surface area contributed by atoms with Crippen LogP contribution in [0.5, 0.6) is 0 Å². The van der Waals surface area contributed by atoms with Gasteiger partial charge in [-0.1, -0.05) is 5.16 Å². The van der Waals surface area contributed by atoms with Gasteiger partial charge in [0.2, 0.25) is 5.89 Å². The van der Waals surface area contributed by atoms with E-state index in [0.29, 0.717) is 11.8 Å². The van der Waals surface area contributed by atoms with Crippen LogP contribution in [0.25, 0.3) is 0 Å². The summed E-state index contributed by atoms with van der Waals surface area (Å²) in [5.74, 6) is 2.73. The van der Waals surface area contributed by atoms with Gasteiger partial charge in [-0.25, -0.2) is 9.97 Å². The Morgan fingerprint density at radius 2 is 2.39 bits per heavy atom. The first-order chi connectivity index (χ1) is 8.83. The predicted molar refractivity (Wildman–Crippen MR) is 65.3 cm³/mol. The third-order valence-corrected chi connectivity index (χ3v) is 3.22. The summed E-state index contributed by atoms with van der Waals surface area (Å²) >= 11 is 0. The summed E-state index contributed by atoms with van der Waals surface area (Å²) in [6.07, 6.45) is 5.56. The average Bonchev–Trinajstić information content (AvgIpc) is 2.87. The zero-order valence-corrected chi connectivity index (χ0v) is 10.3. The molecule has 18 heavy (non-hydrogen) atoms. The molecule has 2 aromatic heterocycles. The van der Waals surface area contributed by atoms with Gasteiger partial charge in [0.25, 0.3) is 0 Å². The number of aromatic nitrogens is 4. The maximum atomic E-state index is 5.05. The van der Waals surface area contributed by atoms with Crippen molar-refractivity contribution in [3.63, 3.8) is 0 Å². The number of nitrogens with zero attached hydrogens (tertiary/aromatic N) is 5. The van der Waals surface area contributed by atoms with Crippen molar-refractivity contribution >= 4 is 5.82 Å². The molecule has 1 aliphatic heterocycles. The third kappa shape index (κ3) is 2.18. The van der Waals surface area contributed by atoms with Gasteiger partial charge in [0.1, 0.15) is 12.1 Å².